The third-order valence-electron chi connectivity index (χ3n) is 3.51. The summed E-state index contributed by atoms with van der Waals surface area (Å²) in [6.07, 6.45) is 13.3. The van der Waals surface area contributed by atoms with Crippen molar-refractivity contribution in [1.82, 2.24) is 0 Å². The molecular weight excluding hydrogens is 236 g/mol. The lowest BCUT2D eigenvalue weighted by atomic mass is 9.79. The van der Waals surface area contributed by atoms with Crippen molar-refractivity contribution in [1.29, 1.82) is 0 Å². The molecule has 0 aromatic rings. The molecule has 0 saturated carbocycles. The predicted molar refractivity (Wildman–Crippen MR) is 79.6 cm³/mol. The van der Waals surface area contributed by atoms with Crippen LogP contribution in [0.25, 0.3) is 0 Å². The highest BCUT2D eigenvalue weighted by Crippen LogP contribution is 2.34. The molecule has 0 heterocycles. The Balaban J connectivity index is 3.07. The molecule has 0 aliphatic heterocycles. The molecule has 2 unspecified atom stereocenters. The first-order valence-electron chi connectivity index (χ1n) is 6.36. The van der Waals surface area contributed by atoms with Crippen LogP contribution in [0.15, 0.2) is 61.4 Å². The van der Waals surface area contributed by atoms with E-state index < -0.39 is 10.8 Å². The smallest absolute Gasteiger partial charge is 0.143 e. The van der Waals surface area contributed by atoms with Crippen molar-refractivity contribution in [2.24, 2.45) is 10.8 Å². The first-order chi connectivity index (χ1) is 8.84. The van der Waals surface area contributed by atoms with Gasteiger partial charge in [0.25, 0.3) is 0 Å². The number of rotatable bonds is 5. The quantitative estimate of drug-likeness (QED) is 0.550. The van der Waals surface area contributed by atoms with Crippen molar-refractivity contribution < 1.29 is 9.53 Å². The lowest BCUT2D eigenvalue weighted by molar-refractivity contribution is -0.121. The zero-order valence-corrected chi connectivity index (χ0v) is 12.0. The SMILES string of the molecule is C=CCOC(=C)C1(C)/C=C\C=C/C(C)(C(C)=O)/C=C\1. The average molecular weight is 258 g/mol. The minimum Gasteiger partial charge on any atom is -0.493 e. The summed E-state index contributed by atoms with van der Waals surface area (Å²) in [5, 5.41) is 0. The van der Waals surface area contributed by atoms with E-state index in [1.54, 1.807) is 13.0 Å². The van der Waals surface area contributed by atoms with Gasteiger partial charge in [-0.1, -0.05) is 55.7 Å². The third-order valence-corrected chi connectivity index (χ3v) is 3.51. The molecule has 0 fully saturated rings. The molecule has 0 N–H and O–H groups in total. The van der Waals surface area contributed by atoms with Crippen molar-refractivity contribution in [3.8, 4) is 0 Å². The number of carbonyl (C=O) groups excluding carboxylic acids is 1. The molecule has 2 nitrogen and oxygen atoms in total. The van der Waals surface area contributed by atoms with E-state index in [1.807, 2.05) is 50.3 Å². The maximum absolute atomic E-state index is 11.7. The predicted octanol–water partition coefficient (Wildman–Crippen LogP) is 3.99. The van der Waals surface area contributed by atoms with Crippen LogP contribution in [-0.2, 0) is 9.53 Å². The average Bonchev–Trinajstić information content (AvgIpc) is 2.36. The number of ether oxygens (including phenoxy) is 1. The van der Waals surface area contributed by atoms with Gasteiger partial charge in [-0.3, -0.25) is 4.79 Å². The molecule has 0 bridgehead atoms. The van der Waals surface area contributed by atoms with Gasteiger partial charge in [-0.15, -0.1) is 0 Å². The normalized spacial score (nSPS) is 34.5. The summed E-state index contributed by atoms with van der Waals surface area (Å²) in [4.78, 5) is 11.7. The number of hydrogen-bond donors (Lipinski definition) is 0. The molecule has 102 valence electrons. The minimum absolute atomic E-state index is 0.107. The van der Waals surface area contributed by atoms with Crippen LogP contribution in [0.1, 0.15) is 20.8 Å². The highest BCUT2D eigenvalue weighted by atomic mass is 16.5. The molecule has 1 rings (SSSR count). The third kappa shape index (κ3) is 3.57. The molecule has 0 aromatic heterocycles. The fourth-order valence-corrected chi connectivity index (χ4v) is 1.70. The highest BCUT2D eigenvalue weighted by molar-refractivity contribution is 5.86. The van der Waals surface area contributed by atoms with Crippen LogP contribution in [0, 0.1) is 10.8 Å². The van der Waals surface area contributed by atoms with Gasteiger partial charge in [-0.25, -0.2) is 0 Å². The zero-order valence-electron chi connectivity index (χ0n) is 12.0. The van der Waals surface area contributed by atoms with Crippen LogP contribution in [0.5, 0.6) is 0 Å². The van der Waals surface area contributed by atoms with E-state index in [9.17, 15) is 4.79 Å². The Morgan fingerprint density at radius 3 is 2.21 bits per heavy atom. The highest BCUT2D eigenvalue weighted by Gasteiger charge is 2.29. The lowest BCUT2D eigenvalue weighted by Gasteiger charge is -2.28. The van der Waals surface area contributed by atoms with Gasteiger partial charge >= 0.3 is 0 Å². The van der Waals surface area contributed by atoms with E-state index in [4.69, 9.17) is 4.74 Å². The number of Topliss-reactive ketones (excluding diaryl/α,β-unsaturated/α-hetero) is 1. The van der Waals surface area contributed by atoms with Gasteiger partial charge in [-0.2, -0.15) is 0 Å². The van der Waals surface area contributed by atoms with Gasteiger partial charge in [0.05, 0.1) is 10.8 Å². The summed E-state index contributed by atoms with van der Waals surface area (Å²) in [5.41, 5.74) is -1.00. The molecule has 0 amide bonds. The number of allylic oxidation sites excluding steroid dienone is 5. The summed E-state index contributed by atoms with van der Waals surface area (Å²) in [5.74, 6) is 0.747. The van der Waals surface area contributed by atoms with E-state index in [0.29, 0.717) is 12.4 Å². The van der Waals surface area contributed by atoms with Gasteiger partial charge in [0.15, 0.2) is 0 Å². The standard InChI is InChI=1S/C17H22O2/c1-6-13-19-15(3)17(5)10-8-7-9-16(4,11-12-17)14(2)18/h6-12H,1,3,13H2,2,4-5H3/b9-7-,10-8-,12-11-. The van der Waals surface area contributed by atoms with Gasteiger partial charge < -0.3 is 4.74 Å². The Bertz CT molecular complexity index is 468. The topological polar surface area (TPSA) is 26.3 Å². The minimum atomic E-state index is -0.579. The first kappa shape index (κ1) is 15.2. The summed E-state index contributed by atoms with van der Waals surface area (Å²) in [6, 6.07) is 0. The molecule has 2 atom stereocenters. The Hall–Kier alpha value is -1.83. The maximum atomic E-state index is 11.7. The van der Waals surface area contributed by atoms with Crippen LogP contribution in [0.4, 0.5) is 0 Å². The van der Waals surface area contributed by atoms with Crippen LogP contribution in [-0.4, -0.2) is 12.4 Å². The zero-order chi connectivity index (χ0) is 14.5. The molecule has 0 radical (unpaired) electrons. The van der Waals surface area contributed by atoms with Gasteiger partial charge in [0, 0.05) is 0 Å². The van der Waals surface area contributed by atoms with E-state index in [0.717, 1.165) is 0 Å². The van der Waals surface area contributed by atoms with Crippen molar-refractivity contribution in [2.75, 3.05) is 6.61 Å². The molecule has 2 heteroatoms. The molecule has 0 aromatic carbocycles. The Morgan fingerprint density at radius 2 is 1.68 bits per heavy atom. The first-order valence-corrected chi connectivity index (χ1v) is 6.36. The van der Waals surface area contributed by atoms with E-state index >= 15 is 0 Å². The van der Waals surface area contributed by atoms with E-state index in [2.05, 4.69) is 13.2 Å². The summed E-state index contributed by atoms with van der Waals surface area (Å²) >= 11 is 0. The lowest BCUT2D eigenvalue weighted by Crippen LogP contribution is -2.23. The van der Waals surface area contributed by atoms with E-state index in [1.165, 1.54) is 0 Å². The van der Waals surface area contributed by atoms with Crippen molar-refractivity contribution in [3.63, 3.8) is 0 Å². The van der Waals surface area contributed by atoms with Crippen molar-refractivity contribution >= 4 is 5.78 Å². The number of hydrogen-bond acceptors (Lipinski definition) is 2. The Kier molecular flexibility index (Phi) is 4.71. The second-order valence-electron chi connectivity index (χ2n) is 5.20. The molecule has 19 heavy (non-hydrogen) atoms. The molecule has 0 saturated heterocycles. The summed E-state index contributed by atoms with van der Waals surface area (Å²) in [6.45, 7) is 13.5. The molecule has 0 spiro atoms. The fraction of sp³-hybridized carbons (Fsp3) is 0.353. The Morgan fingerprint density at radius 1 is 1.16 bits per heavy atom. The molecule has 1 aliphatic rings. The van der Waals surface area contributed by atoms with E-state index in [-0.39, 0.29) is 5.78 Å². The van der Waals surface area contributed by atoms with Crippen molar-refractivity contribution in [2.45, 2.75) is 20.8 Å². The van der Waals surface area contributed by atoms with Gasteiger partial charge in [0.2, 0.25) is 0 Å². The summed E-state index contributed by atoms with van der Waals surface area (Å²) < 4.78 is 5.53. The van der Waals surface area contributed by atoms with Crippen LogP contribution >= 0.6 is 0 Å². The number of carbonyl (C=O) groups is 1. The second-order valence-corrected chi connectivity index (χ2v) is 5.20. The van der Waals surface area contributed by atoms with Gasteiger partial charge in [0.1, 0.15) is 18.1 Å². The molecular formula is C17H22O2. The van der Waals surface area contributed by atoms with Crippen LogP contribution < -0.4 is 0 Å². The van der Waals surface area contributed by atoms with Gasteiger partial charge in [-0.05, 0) is 20.8 Å². The van der Waals surface area contributed by atoms with Crippen LogP contribution in [0.3, 0.4) is 0 Å². The largest absolute Gasteiger partial charge is 0.493 e. The van der Waals surface area contributed by atoms with Crippen molar-refractivity contribution in [3.05, 3.63) is 61.4 Å². The maximum Gasteiger partial charge on any atom is 0.143 e. The fourth-order valence-electron chi connectivity index (χ4n) is 1.70. The second kappa shape index (κ2) is 5.87. The monoisotopic (exact) mass is 258 g/mol. The van der Waals surface area contributed by atoms with Crippen LogP contribution in [0.2, 0.25) is 0 Å². The molecule has 1 aliphatic carbocycles. The Labute approximate surface area is 115 Å². The summed E-state index contributed by atoms with van der Waals surface area (Å²) in [7, 11) is 0. The number of ketones is 1.